The molecule has 0 aliphatic rings. The molecule has 0 aromatic heterocycles. The van der Waals surface area contributed by atoms with E-state index in [9.17, 15) is 8.42 Å². The third-order valence-corrected chi connectivity index (χ3v) is 5.19. The molecule has 3 nitrogen and oxygen atoms in total. The van der Waals surface area contributed by atoms with Gasteiger partial charge in [0.25, 0.3) is 0 Å². The maximum atomic E-state index is 11.2. The molecule has 0 amide bonds. The second kappa shape index (κ2) is 6.27. The van der Waals surface area contributed by atoms with Gasteiger partial charge < -0.3 is 5.11 Å². The first kappa shape index (κ1) is 13.5. The van der Waals surface area contributed by atoms with E-state index < -0.39 is 9.84 Å². The summed E-state index contributed by atoms with van der Waals surface area (Å²) in [4.78, 5) is 1.03. The number of aliphatic hydroxyl groups is 1. The molecule has 0 saturated carbocycles. The molecule has 1 rings (SSSR count). The molecular weight excluding hydrogens is 244 g/mol. The molecule has 90 valence electrons. The fourth-order valence-electron chi connectivity index (χ4n) is 1.12. The molecule has 0 unspecified atom stereocenters. The van der Waals surface area contributed by atoms with Crippen molar-refractivity contribution in [1.29, 1.82) is 0 Å². The lowest BCUT2D eigenvalue weighted by Crippen LogP contribution is -2.10. The van der Waals surface area contributed by atoms with Crippen molar-refractivity contribution >= 4 is 21.6 Å². The van der Waals surface area contributed by atoms with Crippen LogP contribution in [0.25, 0.3) is 0 Å². The van der Waals surface area contributed by atoms with E-state index in [1.807, 2.05) is 24.3 Å². The highest BCUT2D eigenvalue weighted by molar-refractivity contribution is 8.00. The third-order valence-electron chi connectivity index (χ3n) is 2.21. The summed E-state index contributed by atoms with van der Waals surface area (Å²) in [5, 5.41) is 8.86. The van der Waals surface area contributed by atoms with E-state index in [0.29, 0.717) is 5.75 Å². The topological polar surface area (TPSA) is 54.4 Å². The Morgan fingerprint density at radius 1 is 1.25 bits per heavy atom. The molecular formula is C11H16O3S2. The summed E-state index contributed by atoms with van der Waals surface area (Å²) < 4.78 is 22.5. The lowest BCUT2D eigenvalue weighted by molar-refractivity contribution is 0.282. The molecule has 1 N–H and O–H groups in total. The summed E-state index contributed by atoms with van der Waals surface area (Å²) in [6, 6.07) is 7.48. The fraction of sp³-hybridized carbons (Fsp3) is 0.455. The number of hydrogen-bond acceptors (Lipinski definition) is 4. The number of thioether (sulfide) groups is 1. The van der Waals surface area contributed by atoms with Crippen LogP contribution in [0.4, 0.5) is 0 Å². The highest BCUT2D eigenvalue weighted by Gasteiger charge is 2.06. The molecule has 0 saturated heterocycles. The summed E-state index contributed by atoms with van der Waals surface area (Å²) in [6.45, 7) is 1.70. The van der Waals surface area contributed by atoms with Crippen LogP contribution >= 0.6 is 11.8 Å². The van der Waals surface area contributed by atoms with Crippen LogP contribution in [0.1, 0.15) is 12.5 Å². The quantitative estimate of drug-likeness (QED) is 0.791. The highest BCUT2D eigenvalue weighted by atomic mass is 32.2. The van der Waals surface area contributed by atoms with Crippen LogP contribution in [0, 0.1) is 0 Å². The average molecular weight is 260 g/mol. The van der Waals surface area contributed by atoms with E-state index in [0.717, 1.165) is 10.5 Å². The van der Waals surface area contributed by atoms with Crippen LogP contribution in [0.5, 0.6) is 0 Å². The third kappa shape index (κ3) is 4.55. The van der Waals surface area contributed by atoms with Gasteiger partial charge in [-0.25, -0.2) is 8.42 Å². The standard InChI is InChI=1S/C11H16O3S2/c1-2-16(13,14)8-7-15-11-5-3-10(9-12)4-6-11/h3-6,12H,2,7-9H2,1H3. The summed E-state index contributed by atoms with van der Waals surface area (Å²) >= 11 is 1.52. The van der Waals surface area contributed by atoms with E-state index in [1.54, 1.807) is 6.92 Å². The van der Waals surface area contributed by atoms with Gasteiger partial charge in [0, 0.05) is 16.4 Å². The van der Waals surface area contributed by atoms with Crippen LogP contribution < -0.4 is 0 Å². The Labute approximate surface area is 101 Å². The first-order valence-corrected chi connectivity index (χ1v) is 7.91. The molecule has 0 fully saturated rings. The second-order valence-electron chi connectivity index (χ2n) is 3.39. The van der Waals surface area contributed by atoms with Crippen molar-refractivity contribution < 1.29 is 13.5 Å². The van der Waals surface area contributed by atoms with E-state index in [-0.39, 0.29) is 18.1 Å². The fourth-order valence-corrected chi connectivity index (χ4v) is 3.32. The minimum atomic E-state index is -2.86. The zero-order chi connectivity index (χ0) is 12.0. The first-order chi connectivity index (χ1) is 7.57. The molecule has 0 aliphatic carbocycles. The molecule has 1 aromatic rings. The summed E-state index contributed by atoms with van der Waals surface area (Å²) in [5.74, 6) is 1.00. The zero-order valence-electron chi connectivity index (χ0n) is 9.22. The van der Waals surface area contributed by atoms with Crippen molar-refractivity contribution in [3.8, 4) is 0 Å². The minimum absolute atomic E-state index is 0.0369. The van der Waals surface area contributed by atoms with Crippen LogP contribution in [-0.4, -0.2) is 30.8 Å². The smallest absolute Gasteiger partial charge is 0.150 e. The lowest BCUT2D eigenvalue weighted by atomic mass is 10.2. The number of hydrogen-bond donors (Lipinski definition) is 1. The van der Waals surface area contributed by atoms with Gasteiger partial charge in [-0.05, 0) is 17.7 Å². The zero-order valence-corrected chi connectivity index (χ0v) is 10.9. The van der Waals surface area contributed by atoms with Crippen LogP contribution in [0.15, 0.2) is 29.2 Å². The SMILES string of the molecule is CCS(=O)(=O)CCSc1ccc(CO)cc1. The monoisotopic (exact) mass is 260 g/mol. The number of aliphatic hydroxyl groups excluding tert-OH is 1. The Balaban J connectivity index is 2.43. The predicted octanol–water partition coefficient (Wildman–Crippen LogP) is 1.71. The van der Waals surface area contributed by atoms with Gasteiger partial charge in [-0.1, -0.05) is 19.1 Å². The van der Waals surface area contributed by atoms with Gasteiger partial charge in [0.05, 0.1) is 12.4 Å². The van der Waals surface area contributed by atoms with Crippen molar-refractivity contribution in [3.05, 3.63) is 29.8 Å². The minimum Gasteiger partial charge on any atom is -0.392 e. The van der Waals surface area contributed by atoms with Gasteiger partial charge in [0.1, 0.15) is 0 Å². The van der Waals surface area contributed by atoms with Gasteiger partial charge in [-0.3, -0.25) is 0 Å². The Bertz CT molecular complexity index is 409. The van der Waals surface area contributed by atoms with Crippen molar-refractivity contribution in [1.82, 2.24) is 0 Å². The number of sulfone groups is 1. The molecule has 1 aromatic carbocycles. The normalized spacial score (nSPS) is 11.6. The number of benzene rings is 1. The van der Waals surface area contributed by atoms with Crippen LogP contribution in [-0.2, 0) is 16.4 Å². The largest absolute Gasteiger partial charge is 0.392 e. The highest BCUT2D eigenvalue weighted by Crippen LogP contribution is 2.18. The van der Waals surface area contributed by atoms with Crippen LogP contribution in [0.3, 0.4) is 0 Å². The Hall–Kier alpha value is -0.520. The lowest BCUT2D eigenvalue weighted by Gasteiger charge is -2.03. The van der Waals surface area contributed by atoms with Gasteiger partial charge in [0.15, 0.2) is 9.84 Å². The maximum absolute atomic E-state index is 11.2. The molecule has 5 heteroatoms. The van der Waals surface area contributed by atoms with E-state index >= 15 is 0 Å². The van der Waals surface area contributed by atoms with Crippen molar-refractivity contribution in [2.75, 3.05) is 17.3 Å². The second-order valence-corrected chi connectivity index (χ2v) is 7.03. The van der Waals surface area contributed by atoms with Gasteiger partial charge >= 0.3 is 0 Å². The van der Waals surface area contributed by atoms with Crippen molar-refractivity contribution in [2.45, 2.75) is 18.4 Å². The van der Waals surface area contributed by atoms with Crippen molar-refractivity contribution in [2.24, 2.45) is 0 Å². The first-order valence-electron chi connectivity index (χ1n) is 5.10. The predicted molar refractivity (Wildman–Crippen MR) is 67.4 cm³/mol. The van der Waals surface area contributed by atoms with E-state index in [2.05, 4.69) is 0 Å². The summed E-state index contributed by atoms with van der Waals surface area (Å²) in [5.41, 5.74) is 0.866. The molecule has 16 heavy (non-hydrogen) atoms. The summed E-state index contributed by atoms with van der Waals surface area (Å²) in [7, 11) is -2.86. The molecule has 0 heterocycles. The van der Waals surface area contributed by atoms with Gasteiger partial charge in [-0.2, -0.15) is 0 Å². The Morgan fingerprint density at radius 3 is 2.38 bits per heavy atom. The molecule has 0 atom stereocenters. The molecule has 0 radical (unpaired) electrons. The maximum Gasteiger partial charge on any atom is 0.150 e. The van der Waals surface area contributed by atoms with E-state index in [1.165, 1.54) is 11.8 Å². The molecule has 0 aliphatic heterocycles. The Morgan fingerprint density at radius 2 is 1.88 bits per heavy atom. The van der Waals surface area contributed by atoms with Gasteiger partial charge in [0.2, 0.25) is 0 Å². The van der Waals surface area contributed by atoms with E-state index in [4.69, 9.17) is 5.11 Å². The van der Waals surface area contributed by atoms with Gasteiger partial charge in [-0.15, -0.1) is 11.8 Å². The molecule has 0 spiro atoms. The van der Waals surface area contributed by atoms with Crippen molar-refractivity contribution in [3.63, 3.8) is 0 Å². The summed E-state index contributed by atoms with van der Waals surface area (Å²) in [6.07, 6.45) is 0. The average Bonchev–Trinajstić information content (AvgIpc) is 2.30. The number of rotatable bonds is 6. The molecule has 0 bridgehead atoms. The Kier molecular flexibility index (Phi) is 5.31. The van der Waals surface area contributed by atoms with Crippen LogP contribution in [0.2, 0.25) is 0 Å².